The summed E-state index contributed by atoms with van der Waals surface area (Å²) in [6, 6.07) is 19.9. The Labute approximate surface area is 188 Å². The van der Waals surface area contributed by atoms with Gasteiger partial charge in [0.25, 0.3) is 0 Å². The summed E-state index contributed by atoms with van der Waals surface area (Å²) in [6.45, 7) is 0. The minimum atomic E-state index is -0.344. The summed E-state index contributed by atoms with van der Waals surface area (Å²) in [6.07, 6.45) is 0. The molecule has 0 unspecified atom stereocenters. The summed E-state index contributed by atoms with van der Waals surface area (Å²) in [4.78, 5) is 0. The first-order valence-electron chi connectivity index (χ1n) is 9.40. The number of nitrogens with zero attached hydrogens (tertiary/aromatic N) is 3. The van der Waals surface area contributed by atoms with E-state index >= 15 is 0 Å². The topological polar surface area (TPSA) is 49.2 Å². The van der Waals surface area contributed by atoms with Crippen LogP contribution in [-0.4, -0.2) is 29.0 Å². The zero-order valence-corrected chi connectivity index (χ0v) is 18.5. The average molecular weight is 456 g/mol. The molecule has 0 fully saturated rings. The van der Waals surface area contributed by atoms with E-state index in [4.69, 9.17) is 21.1 Å². The molecule has 5 nitrogen and oxygen atoms in total. The van der Waals surface area contributed by atoms with Gasteiger partial charge in [0.05, 0.1) is 14.2 Å². The van der Waals surface area contributed by atoms with Crippen molar-refractivity contribution in [1.29, 1.82) is 0 Å². The lowest BCUT2D eigenvalue weighted by Gasteiger charge is -2.12. The molecular weight excluding hydrogens is 437 g/mol. The predicted octanol–water partition coefficient (Wildman–Crippen LogP) is 6.04. The molecule has 8 heteroatoms. The first kappa shape index (κ1) is 21.2. The van der Waals surface area contributed by atoms with Gasteiger partial charge in [-0.2, -0.15) is 0 Å². The number of hydrogen-bond donors (Lipinski definition) is 0. The normalized spacial score (nSPS) is 10.8. The summed E-state index contributed by atoms with van der Waals surface area (Å²) in [5.41, 5.74) is 2.09. The number of halogens is 2. The van der Waals surface area contributed by atoms with E-state index in [1.54, 1.807) is 32.4 Å². The number of rotatable bonds is 7. The summed E-state index contributed by atoms with van der Waals surface area (Å²) in [5.74, 6) is 1.88. The van der Waals surface area contributed by atoms with Gasteiger partial charge in [0, 0.05) is 33.7 Å². The average Bonchev–Trinajstić information content (AvgIpc) is 3.23. The molecule has 0 N–H and O–H groups in total. The highest BCUT2D eigenvalue weighted by Gasteiger charge is 2.19. The van der Waals surface area contributed by atoms with Crippen LogP contribution in [0.1, 0.15) is 5.56 Å². The van der Waals surface area contributed by atoms with E-state index in [2.05, 4.69) is 10.2 Å². The Hall–Kier alpha value is -3.03. The van der Waals surface area contributed by atoms with E-state index in [9.17, 15) is 4.39 Å². The van der Waals surface area contributed by atoms with Gasteiger partial charge in [-0.05, 0) is 36.4 Å². The Balaban J connectivity index is 1.79. The second-order valence-corrected chi connectivity index (χ2v) is 7.92. The van der Waals surface area contributed by atoms with Gasteiger partial charge in [-0.3, -0.25) is 4.57 Å². The smallest absolute Gasteiger partial charge is 0.196 e. The molecule has 0 spiro atoms. The summed E-state index contributed by atoms with van der Waals surface area (Å²) in [7, 11) is 3.19. The predicted molar refractivity (Wildman–Crippen MR) is 121 cm³/mol. The van der Waals surface area contributed by atoms with Crippen molar-refractivity contribution in [2.45, 2.75) is 10.9 Å². The molecule has 0 radical (unpaired) electrons. The van der Waals surface area contributed by atoms with Gasteiger partial charge in [-0.25, -0.2) is 4.39 Å². The number of ether oxygens (including phenoxy) is 2. The van der Waals surface area contributed by atoms with Crippen molar-refractivity contribution in [2.75, 3.05) is 14.2 Å². The molecule has 0 aliphatic carbocycles. The van der Waals surface area contributed by atoms with E-state index in [-0.39, 0.29) is 5.82 Å². The molecule has 0 saturated heterocycles. The lowest BCUT2D eigenvalue weighted by Crippen LogP contribution is -2.00. The number of thioether (sulfide) groups is 1. The van der Waals surface area contributed by atoms with Gasteiger partial charge in [0.15, 0.2) is 11.0 Å². The highest BCUT2D eigenvalue weighted by atomic mass is 35.5. The van der Waals surface area contributed by atoms with Crippen LogP contribution in [0.25, 0.3) is 17.1 Å². The Kier molecular flexibility index (Phi) is 6.44. The molecule has 0 saturated carbocycles. The third-order valence-corrected chi connectivity index (χ3v) is 5.97. The zero-order valence-electron chi connectivity index (χ0n) is 16.9. The molecule has 3 aromatic carbocycles. The standard InChI is InChI=1S/C23H19ClFN3O2S/c1-29-17-11-15(12-18(13-17)30-2)22-26-27-23(28(22)16-7-4-3-5-8-16)31-14-19-20(24)9-6-10-21(19)25/h3-13H,14H2,1-2H3. The molecule has 158 valence electrons. The lowest BCUT2D eigenvalue weighted by atomic mass is 10.2. The van der Waals surface area contributed by atoms with Crippen LogP contribution in [0.4, 0.5) is 4.39 Å². The van der Waals surface area contributed by atoms with Crippen LogP contribution in [0.15, 0.2) is 71.9 Å². The van der Waals surface area contributed by atoms with Crippen molar-refractivity contribution in [3.8, 4) is 28.6 Å². The van der Waals surface area contributed by atoms with Crippen LogP contribution in [0.3, 0.4) is 0 Å². The minimum absolute atomic E-state index is 0.317. The summed E-state index contributed by atoms with van der Waals surface area (Å²) < 4.78 is 27.0. The van der Waals surface area contributed by atoms with Crippen molar-refractivity contribution in [3.63, 3.8) is 0 Å². The fraction of sp³-hybridized carbons (Fsp3) is 0.130. The second-order valence-electron chi connectivity index (χ2n) is 6.57. The molecule has 1 aromatic heterocycles. The Morgan fingerprint density at radius 1 is 0.935 bits per heavy atom. The monoisotopic (exact) mass is 455 g/mol. The maximum atomic E-state index is 14.2. The molecule has 4 aromatic rings. The van der Waals surface area contributed by atoms with Crippen LogP contribution in [0, 0.1) is 5.82 Å². The number of benzene rings is 3. The van der Waals surface area contributed by atoms with Crippen molar-refractivity contribution in [2.24, 2.45) is 0 Å². The van der Waals surface area contributed by atoms with Gasteiger partial charge in [-0.15, -0.1) is 10.2 Å². The largest absolute Gasteiger partial charge is 0.497 e. The summed E-state index contributed by atoms with van der Waals surface area (Å²) >= 11 is 7.56. The van der Waals surface area contributed by atoms with Crippen molar-refractivity contribution in [1.82, 2.24) is 14.8 Å². The molecule has 0 aliphatic heterocycles. The molecule has 0 amide bonds. The fourth-order valence-corrected chi connectivity index (χ4v) is 4.40. The Morgan fingerprint density at radius 3 is 2.29 bits per heavy atom. The van der Waals surface area contributed by atoms with Gasteiger partial charge in [-0.1, -0.05) is 47.6 Å². The molecule has 31 heavy (non-hydrogen) atoms. The molecule has 4 rings (SSSR count). The summed E-state index contributed by atoms with van der Waals surface area (Å²) in [5, 5.41) is 9.81. The fourth-order valence-electron chi connectivity index (χ4n) is 3.10. The van der Waals surface area contributed by atoms with Gasteiger partial charge in [0.2, 0.25) is 0 Å². The Morgan fingerprint density at radius 2 is 1.65 bits per heavy atom. The highest BCUT2D eigenvalue weighted by molar-refractivity contribution is 7.98. The molecule has 1 heterocycles. The third-order valence-electron chi connectivity index (χ3n) is 4.66. The lowest BCUT2D eigenvalue weighted by molar-refractivity contribution is 0.394. The maximum absolute atomic E-state index is 14.2. The Bertz CT molecular complexity index is 1160. The quantitative estimate of drug-likeness (QED) is 0.318. The first-order chi connectivity index (χ1) is 15.1. The van der Waals surface area contributed by atoms with Crippen LogP contribution in [0.5, 0.6) is 11.5 Å². The number of para-hydroxylation sites is 1. The highest BCUT2D eigenvalue weighted by Crippen LogP contribution is 2.34. The van der Waals surface area contributed by atoms with E-state index in [1.807, 2.05) is 47.0 Å². The molecule has 0 bridgehead atoms. The molecule has 0 atom stereocenters. The zero-order chi connectivity index (χ0) is 21.8. The molecule has 0 aliphatic rings. The van der Waals surface area contributed by atoms with Gasteiger partial charge < -0.3 is 9.47 Å². The number of methoxy groups -OCH3 is 2. The maximum Gasteiger partial charge on any atom is 0.196 e. The third kappa shape index (κ3) is 4.52. The van der Waals surface area contributed by atoms with Crippen molar-refractivity contribution in [3.05, 3.63) is 83.1 Å². The van der Waals surface area contributed by atoms with Crippen LogP contribution in [-0.2, 0) is 5.75 Å². The second kappa shape index (κ2) is 9.41. The van der Waals surface area contributed by atoms with Gasteiger partial charge in [0.1, 0.15) is 17.3 Å². The van der Waals surface area contributed by atoms with Crippen LogP contribution < -0.4 is 9.47 Å². The van der Waals surface area contributed by atoms with Crippen LogP contribution in [0.2, 0.25) is 5.02 Å². The number of hydrogen-bond acceptors (Lipinski definition) is 5. The van der Waals surface area contributed by atoms with Crippen molar-refractivity contribution < 1.29 is 13.9 Å². The van der Waals surface area contributed by atoms with E-state index in [0.717, 1.165) is 11.3 Å². The van der Waals surface area contributed by atoms with E-state index in [1.165, 1.54) is 17.8 Å². The van der Waals surface area contributed by atoms with Crippen LogP contribution >= 0.6 is 23.4 Å². The van der Waals surface area contributed by atoms with E-state index < -0.39 is 0 Å². The minimum Gasteiger partial charge on any atom is -0.497 e. The number of aromatic nitrogens is 3. The van der Waals surface area contributed by atoms with Gasteiger partial charge >= 0.3 is 0 Å². The molecular formula is C23H19ClFN3O2S. The SMILES string of the molecule is COc1cc(OC)cc(-c2nnc(SCc3c(F)cccc3Cl)n2-c2ccccc2)c1. The van der Waals surface area contributed by atoms with Crippen molar-refractivity contribution >= 4 is 23.4 Å². The van der Waals surface area contributed by atoms with E-state index in [0.29, 0.717) is 38.8 Å². The first-order valence-corrected chi connectivity index (χ1v) is 10.8.